The van der Waals surface area contributed by atoms with E-state index in [4.69, 9.17) is 23.7 Å². The Kier molecular flexibility index (Phi) is 7.65. The quantitative estimate of drug-likeness (QED) is 0.579. The molecule has 0 aromatic carbocycles. The summed E-state index contributed by atoms with van der Waals surface area (Å²) in [5.74, 6) is 0. The van der Waals surface area contributed by atoms with Crippen LogP contribution in [0.3, 0.4) is 0 Å². The maximum atomic E-state index is 5.15. The zero-order valence-electron chi connectivity index (χ0n) is 8.12. The van der Waals surface area contributed by atoms with Crippen LogP contribution in [0, 0.1) is 0 Å². The third-order valence-electron chi connectivity index (χ3n) is 1.44. The molecule has 0 unspecified atom stereocenters. The summed E-state index contributed by atoms with van der Waals surface area (Å²) in [5, 5.41) is 4.90. The van der Waals surface area contributed by atoms with Gasteiger partial charge in [0.25, 0.3) is 0 Å². The zero-order valence-corrected chi connectivity index (χ0v) is 10.5. The molecule has 0 aromatic heterocycles. The zero-order chi connectivity index (χ0) is 10.4. The molecular formula is C6H15Cl2N2O2P. The first-order valence-corrected chi connectivity index (χ1v) is 5.74. The lowest BCUT2D eigenvalue weighted by Crippen LogP contribution is -2.44. The highest BCUT2D eigenvalue weighted by Gasteiger charge is 2.19. The van der Waals surface area contributed by atoms with E-state index in [1.807, 2.05) is 32.7 Å². The minimum Gasteiger partial charge on any atom is -0.232 e. The maximum absolute atomic E-state index is 5.15. The van der Waals surface area contributed by atoms with Gasteiger partial charge in [-0.25, -0.2) is 13.2 Å². The first-order valence-electron chi connectivity index (χ1n) is 3.95. The van der Waals surface area contributed by atoms with E-state index in [0.29, 0.717) is 12.1 Å². The van der Waals surface area contributed by atoms with Gasteiger partial charge in [-0.05, 0) is 27.7 Å². The molecule has 0 radical (unpaired) electrons. The van der Waals surface area contributed by atoms with Gasteiger partial charge in [0, 0.05) is 12.1 Å². The first-order chi connectivity index (χ1) is 6.02. The Bertz CT molecular complexity index is 128. The SMILES string of the molecule is CC(C)N(NP(OCl)OCl)C(C)C. The van der Waals surface area contributed by atoms with E-state index in [9.17, 15) is 0 Å². The van der Waals surface area contributed by atoms with E-state index >= 15 is 0 Å². The molecule has 80 valence electrons. The fourth-order valence-corrected chi connectivity index (χ4v) is 2.14. The summed E-state index contributed by atoms with van der Waals surface area (Å²) in [6.45, 7) is 8.18. The van der Waals surface area contributed by atoms with Gasteiger partial charge in [0.1, 0.15) is 0 Å². The molecule has 0 aliphatic heterocycles. The molecule has 0 fully saturated rings. The van der Waals surface area contributed by atoms with Crippen molar-refractivity contribution in [2.45, 2.75) is 39.8 Å². The molecule has 0 saturated heterocycles. The maximum Gasteiger partial charge on any atom is 0.306 e. The number of hydrogen-bond acceptors (Lipinski definition) is 4. The summed E-state index contributed by atoms with van der Waals surface area (Å²) in [5.41, 5.74) is 0. The molecule has 0 saturated carbocycles. The minimum absolute atomic E-state index is 0.309. The van der Waals surface area contributed by atoms with E-state index in [1.165, 1.54) is 0 Å². The van der Waals surface area contributed by atoms with Crippen molar-refractivity contribution < 1.29 is 8.15 Å². The van der Waals surface area contributed by atoms with Crippen molar-refractivity contribution in [1.29, 1.82) is 0 Å². The van der Waals surface area contributed by atoms with Crippen molar-refractivity contribution in [2.24, 2.45) is 0 Å². The molecule has 0 heterocycles. The Morgan fingerprint density at radius 3 is 1.69 bits per heavy atom. The Labute approximate surface area is 90.8 Å². The lowest BCUT2D eigenvalue weighted by molar-refractivity contribution is 0.139. The largest absolute Gasteiger partial charge is 0.306 e. The highest BCUT2D eigenvalue weighted by atomic mass is 35.5. The van der Waals surface area contributed by atoms with Crippen molar-refractivity contribution in [2.75, 3.05) is 0 Å². The van der Waals surface area contributed by atoms with Gasteiger partial charge >= 0.3 is 8.53 Å². The fraction of sp³-hybridized carbons (Fsp3) is 1.00. The van der Waals surface area contributed by atoms with Crippen LogP contribution in [-0.4, -0.2) is 17.1 Å². The molecule has 7 heteroatoms. The molecule has 0 spiro atoms. The fourth-order valence-electron chi connectivity index (χ4n) is 0.963. The number of nitrogens with one attached hydrogen (secondary N) is 1. The number of rotatable bonds is 6. The molecular weight excluding hydrogens is 234 g/mol. The van der Waals surface area contributed by atoms with Crippen molar-refractivity contribution in [3.05, 3.63) is 0 Å². The summed E-state index contributed by atoms with van der Waals surface area (Å²) < 4.78 is 8.92. The van der Waals surface area contributed by atoms with Gasteiger partial charge in [0.05, 0.1) is 23.7 Å². The molecule has 0 aromatic rings. The summed E-state index contributed by atoms with van der Waals surface area (Å²) in [7, 11) is -1.45. The predicted octanol–water partition coefficient (Wildman–Crippen LogP) is 3.18. The van der Waals surface area contributed by atoms with Crippen LogP contribution in [0.4, 0.5) is 0 Å². The van der Waals surface area contributed by atoms with Gasteiger partial charge in [-0.1, -0.05) is 0 Å². The van der Waals surface area contributed by atoms with Crippen LogP contribution in [0.5, 0.6) is 0 Å². The van der Waals surface area contributed by atoms with Gasteiger partial charge < -0.3 is 0 Å². The molecule has 1 N–H and O–H groups in total. The normalized spacial score (nSPS) is 12.5. The Balaban J connectivity index is 4.08. The van der Waals surface area contributed by atoms with Crippen molar-refractivity contribution in [3.8, 4) is 0 Å². The Hall–Kier alpha value is 0.850. The molecule has 0 amide bonds. The second-order valence-corrected chi connectivity index (χ2v) is 4.91. The highest BCUT2D eigenvalue weighted by Crippen LogP contribution is 2.37. The Morgan fingerprint density at radius 1 is 1.08 bits per heavy atom. The second kappa shape index (κ2) is 7.18. The van der Waals surface area contributed by atoms with E-state index in [1.54, 1.807) is 0 Å². The van der Waals surface area contributed by atoms with Gasteiger partial charge in [-0.2, -0.15) is 5.20 Å². The topological polar surface area (TPSA) is 33.7 Å². The van der Waals surface area contributed by atoms with Gasteiger partial charge in [0.15, 0.2) is 0 Å². The van der Waals surface area contributed by atoms with Crippen LogP contribution in [-0.2, 0) is 8.15 Å². The number of nitrogens with zero attached hydrogens (tertiary/aromatic N) is 1. The van der Waals surface area contributed by atoms with E-state index in [0.717, 1.165) is 0 Å². The number of halogens is 2. The lowest BCUT2D eigenvalue weighted by atomic mass is 10.3. The van der Waals surface area contributed by atoms with Crippen LogP contribution in [0.25, 0.3) is 0 Å². The van der Waals surface area contributed by atoms with Crippen molar-refractivity contribution in [1.82, 2.24) is 10.2 Å². The standard InChI is InChI=1S/C6H15Cl2N2O2P/c1-5(2)10(6(3)4)9-13(11-7)12-8/h5-6,9H,1-4H3. The van der Waals surface area contributed by atoms with E-state index in [2.05, 4.69) is 13.3 Å². The van der Waals surface area contributed by atoms with Crippen molar-refractivity contribution >= 4 is 32.3 Å². The van der Waals surface area contributed by atoms with Crippen LogP contribution < -0.4 is 5.20 Å². The molecule has 0 atom stereocenters. The molecule has 4 nitrogen and oxygen atoms in total. The summed E-state index contributed by atoms with van der Waals surface area (Å²) in [6.07, 6.45) is 0. The average molecular weight is 249 g/mol. The van der Waals surface area contributed by atoms with Gasteiger partial charge in [0.2, 0.25) is 0 Å². The first kappa shape index (κ1) is 13.8. The predicted molar refractivity (Wildman–Crippen MR) is 56.0 cm³/mol. The number of hydrogen-bond donors (Lipinski definition) is 1. The summed E-state index contributed by atoms with van der Waals surface area (Å²) in [6, 6.07) is 0.618. The van der Waals surface area contributed by atoms with E-state index in [-0.39, 0.29) is 0 Å². The van der Waals surface area contributed by atoms with Gasteiger partial charge in [-0.3, -0.25) is 0 Å². The lowest BCUT2D eigenvalue weighted by Gasteiger charge is -2.31. The minimum atomic E-state index is -1.45. The smallest absolute Gasteiger partial charge is 0.232 e. The van der Waals surface area contributed by atoms with Crippen LogP contribution in [0.1, 0.15) is 27.7 Å². The van der Waals surface area contributed by atoms with Crippen LogP contribution >= 0.6 is 32.3 Å². The molecule has 0 rings (SSSR count). The van der Waals surface area contributed by atoms with E-state index < -0.39 is 8.53 Å². The Morgan fingerprint density at radius 2 is 1.46 bits per heavy atom. The third kappa shape index (κ3) is 5.33. The molecule has 0 aliphatic carbocycles. The molecule has 13 heavy (non-hydrogen) atoms. The van der Waals surface area contributed by atoms with Crippen LogP contribution in [0.15, 0.2) is 0 Å². The van der Waals surface area contributed by atoms with Gasteiger partial charge in [-0.15, -0.1) is 0 Å². The molecule has 0 bridgehead atoms. The monoisotopic (exact) mass is 248 g/mol. The summed E-state index contributed by atoms with van der Waals surface area (Å²) >= 11 is 10.3. The molecule has 0 aliphatic rings. The van der Waals surface area contributed by atoms with Crippen molar-refractivity contribution in [3.63, 3.8) is 0 Å². The third-order valence-corrected chi connectivity index (χ3v) is 2.83. The van der Waals surface area contributed by atoms with Crippen LogP contribution in [0.2, 0.25) is 0 Å². The number of hydrazine groups is 1. The highest BCUT2D eigenvalue weighted by molar-refractivity contribution is 7.46. The second-order valence-electron chi connectivity index (χ2n) is 3.09. The average Bonchev–Trinajstić information content (AvgIpc) is 2.05. The summed E-state index contributed by atoms with van der Waals surface area (Å²) in [4.78, 5) is 0.